The van der Waals surface area contributed by atoms with Crippen molar-refractivity contribution >= 4 is 11.3 Å². The van der Waals surface area contributed by atoms with Gasteiger partial charge in [-0.25, -0.2) is 0 Å². The average molecular weight is 225 g/mol. The van der Waals surface area contributed by atoms with E-state index in [1.807, 2.05) is 0 Å². The Balaban J connectivity index is 1.92. The van der Waals surface area contributed by atoms with Gasteiger partial charge in [-0.15, -0.1) is 0 Å². The van der Waals surface area contributed by atoms with Gasteiger partial charge in [0.05, 0.1) is 6.61 Å². The lowest BCUT2D eigenvalue weighted by molar-refractivity contribution is 0.125. The number of hydrogen-bond donors (Lipinski definition) is 1. The van der Waals surface area contributed by atoms with Crippen molar-refractivity contribution in [3.8, 4) is 0 Å². The van der Waals surface area contributed by atoms with Crippen molar-refractivity contribution in [2.24, 2.45) is 0 Å². The summed E-state index contributed by atoms with van der Waals surface area (Å²) in [7, 11) is 0. The summed E-state index contributed by atoms with van der Waals surface area (Å²) in [5, 5.41) is 13.6. The van der Waals surface area contributed by atoms with E-state index in [1.165, 1.54) is 12.0 Å². The predicted molar refractivity (Wildman–Crippen MR) is 64.3 cm³/mol. The fourth-order valence-corrected chi connectivity index (χ4v) is 3.18. The number of rotatable bonds is 4. The van der Waals surface area contributed by atoms with Gasteiger partial charge in [0.15, 0.2) is 0 Å². The molecule has 0 saturated carbocycles. The minimum absolute atomic E-state index is 0.313. The second-order valence-electron chi connectivity index (χ2n) is 4.40. The molecule has 0 aromatic carbocycles. The quantitative estimate of drug-likeness (QED) is 0.848. The van der Waals surface area contributed by atoms with Gasteiger partial charge in [-0.2, -0.15) is 11.3 Å². The number of likely N-dealkylation sites (tertiary alicyclic amines) is 1. The molecule has 0 radical (unpaired) electrons. The van der Waals surface area contributed by atoms with Crippen molar-refractivity contribution in [1.82, 2.24) is 4.90 Å². The third kappa shape index (κ3) is 2.60. The zero-order valence-electron chi connectivity index (χ0n) is 9.22. The number of hydrogen-bond acceptors (Lipinski definition) is 3. The minimum atomic E-state index is 0.313. The van der Waals surface area contributed by atoms with E-state index in [0.717, 1.165) is 19.4 Å². The highest BCUT2D eigenvalue weighted by Crippen LogP contribution is 2.22. The van der Waals surface area contributed by atoms with Crippen molar-refractivity contribution in [3.05, 3.63) is 22.4 Å². The van der Waals surface area contributed by atoms with Gasteiger partial charge in [0.2, 0.25) is 0 Å². The van der Waals surface area contributed by atoms with Crippen LogP contribution in [0.5, 0.6) is 0 Å². The van der Waals surface area contributed by atoms with Crippen LogP contribution >= 0.6 is 11.3 Å². The van der Waals surface area contributed by atoms with Gasteiger partial charge in [-0.1, -0.05) is 0 Å². The lowest BCUT2D eigenvalue weighted by atomic mass is 10.1. The summed E-state index contributed by atoms with van der Waals surface area (Å²) in [5.41, 5.74) is 1.43. The van der Waals surface area contributed by atoms with Gasteiger partial charge in [-0.3, -0.25) is 4.90 Å². The topological polar surface area (TPSA) is 23.5 Å². The maximum absolute atomic E-state index is 9.27. The van der Waals surface area contributed by atoms with E-state index in [1.54, 1.807) is 11.3 Å². The first-order valence-corrected chi connectivity index (χ1v) is 6.63. The molecular weight excluding hydrogens is 206 g/mol. The summed E-state index contributed by atoms with van der Waals surface area (Å²) < 4.78 is 0. The first-order chi connectivity index (χ1) is 7.31. The first kappa shape index (κ1) is 11.1. The molecule has 15 heavy (non-hydrogen) atoms. The molecule has 0 amide bonds. The monoisotopic (exact) mass is 225 g/mol. The molecule has 0 aliphatic carbocycles. The van der Waals surface area contributed by atoms with Crippen LogP contribution in [0.1, 0.15) is 25.3 Å². The molecule has 2 rings (SSSR count). The summed E-state index contributed by atoms with van der Waals surface area (Å²) >= 11 is 1.76. The molecule has 1 aliphatic heterocycles. The SMILES string of the molecule is CC(Cc1ccsc1)N1CCCC1CO. The van der Waals surface area contributed by atoms with Crippen molar-refractivity contribution in [3.63, 3.8) is 0 Å². The number of thiophene rings is 1. The molecule has 2 atom stereocenters. The van der Waals surface area contributed by atoms with Crippen LogP contribution in [-0.2, 0) is 6.42 Å². The first-order valence-electron chi connectivity index (χ1n) is 5.69. The lowest BCUT2D eigenvalue weighted by Gasteiger charge is -2.29. The average Bonchev–Trinajstić information content (AvgIpc) is 2.86. The van der Waals surface area contributed by atoms with E-state index < -0.39 is 0 Å². The third-order valence-corrected chi connectivity index (χ3v) is 4.04. The number of aliphatic hydroxyl groups is 1. The zero-order valence-corrected chi connectivity index (χ0v) is 10.0. The molecule has 2 nitrogen and oxygen atoms in total. The summed E-state index contributed by atoms with van der Waals surface area (Å²) in [6, 6.07) is 3.16. The van der Waals surface area contributed by atoms with E-state index in [-0.39, 0.29) is 0 Å². The summed E-state index contributed by atoms with van der Waals surface area (Å²) in [4.78, 5) is 2.46. The van der Waals surface area contributed by atoms with Crippen LogP contribution in [0.3, 0.4) is 0 Å². The summed E-state index contributed by atoms with van der Waals surface area (Å²) in [5.74, 6) is 0. The van der Waals surface area contributed by atoms with Crippen molar-refractivity contribution in [1.29, 1.82) is 0 Å². The molecule has 2 heterocycles. The van der Waals surface area contributed by atoms with Gasteiger partial charge >= 0.3 is 0 Å². The van der Waals surface area contributed by atoms with Gasteiger partial charge in [-0.05, 0) is 55.1 Å². The third-order valence-electron chi connectivity index (χ3n) is 3.31. The van der Waals surface area contributed by atoms with E-state index >= 15 is 0 Å². The van der Waals surface area contributed by atoms with Crippen molar-refractivity contribution in [2.75, 3.05) is 13.2 Å². The normalized spacial score (nSPS) is 24.5. The Kier molecular flexibility index (Phi) is 3.78. The Bertz CT molecular complexity index is 286. The maximum Gasteiger partial charge on any atom is 0.0586 e. The molecule has 0 bridgehead atoms. The second kappa shape index (κ2) is 5.10. The fraction of sp³-hybridized carbons (Fsp3) is 0.667. The van der Waals surface area contributed by atoms with Crippen molar-refractivity contribution < 1.29 is 5.11 Å². The van der Waals surface area contributed by atoms with Crippen LogP contribution < -0.4 is 0 Å². The molecule has 2 unspecified atom stereocenters. The van der Waals surface area contributed by atoms with Gasteiger partial charge in [0.25, 0.3) is 0 Å². The molecule has 1 saturated heterocycles. The van der Waals surface area contributed by atoms with Gasteiger partial charge in [0, 0.05) is 12.1 Å². The highest BCUT2D eigenvalue weighted by molar-refractivity contribution is 7.07. The van der Waals surface area contributed by atoms with Crippen LogP contribution in [0.25, 0.3) is 0 Å². The maximum atomic E-state index is 9.27. The largest absolute Gasteiger partial charge is 0.395 e. The van der Waals surface area contributed by atoms with E-state index in [2.05, 4.69) is 28.7 Å². The van der Waals surface area contributed by atoms with Crippen LogP contribution in [0, 0.1) is 0 Å². The highest BCUT2D eigenvalue weighted by atomic mass is 32.1. The molecule has 1 fully saturated rings. The molecule has 1 aromatic heterocycles. The number of aliphatic hydroxyl groups excluding tert-OH is 1. The Morgan fingerprint density at radius 2 is 2.53 bits per heavy atom. The number of nitrogens with zero attached hydrogens (tertiary/aromatic N) is 1. The van der Waals surface area contributed by atoms with Gasteiger partial charge in [0.1, 0.15) is 0 Å². The van der Waals surface area contributed by atoms with Crippen molar-refractivity contribution in [2.45, 2.75) is 38.3 Å². The molecule has 1 aliphatic rings. The molecule has 1 N–H and O–H groups in total. The Morgan fingerprint density at radius 1 is 1.67 bits per heavy atom. The lowest BCUT2D eigenvalue weighted by Crippen LogP contribution is -2.40. The smallest absolute Gasteiger partial charge is 0.0586 e. The molecular formula is C12H19NOS. The highest BCUT2D eigenvalue weighted by Gasteiger charge is 2.27. The standard InChI is InChI=1S/C12H19NOS/c1-10(7-11-4-6-15-9-11)13-5-2-3-12(13)8-14/h4,6,9-10,12,14H,2-3,5,7-8H2,1H3. The minimum Gasteiger partial charge on any atom is -0.395 e. The zero-order chi connectivity index (χ0) is 10.7. The summed E-state index contributed by atoms with van der Waals surface area (Å²) in [6.45, 7) is 3.73. The Labute approximate surface area is 95.5 Å². The van der Waals surface area contributed by atoms with E-state index in [9.17, 15) is 5.11 Å². The molecule has 0 spiro atoms. The van der Waals surface area contributed by atoms with Crippen LogP contribution in [-0.4, -0.2) is 35.2 Å². The van der Waals surface area contributed by atoms with Crippen LogP contribution in [0.15, 0.2) is 16.8 Å². The molecule has 3 heteroatoms. The Morgan fingerprint density at radius 3 is 3.20 bits per heavy atom. The summed E-state index contributed by atoms with van der Waals surface area (Å²) in [6.07, 6.45) is 3.50. The Hall–Kier alpha value is -0.380. The fourth-order valence-electron chi connectivity index (χ4n) is 2.50. The molecule has 1 aromatic rings. The van der Waals surface area contributed by atoms with Crippen LogP contribution in [0.4, 0.5) is 0 Å². The predicted octanol–water partition coefficient (Wildman–Crippen LogP) is 2.14. The van der Waals surface area contributed by atoms with E-state index in [0.29, 0.717) is 18.7 Å². The second-order valence-corrected chi connectivity index (χ2v) is 5.18. The van der Waals surface area contributed by atoms with Crippen LogP contribution in [0.2, 0.25) is 0 Å². The van der Waals surface area contributed by atoms with E-state index in [4.69, 9.17) is 0 Å². The van der Waals surface area contributed by atoms with Gasteiger partial charge < -0.3 is 5.11 Å². The molecule has 84 valence electrons.